The van der Waals surface area contributed by atoms with Gasteiger partial charge in [-0.3, -0.25) is 4.68 Å². The van der Waals surface area contributed by atoms with Gasteiger partial charge in [-0.15, -0.1) is 0 Å². The predicted molar refractivity (Wildman–Crippen MR) is 79.3 cm³/mol. The summed E-state index contributed by atoms with van der Waals surface area (Å²) in [4.78, 5) is 4.06. The van der Waals surface area contributed by atoms with Crippen molar-refractivity contribution in [2.75, 3.05) is 0 Å². The lowest BCUT2D eigenvalue weighted by molar-refractivity contribution is 0.350. The summed E-state index contributed by atoms with van der Waals surface area (Å²) >= 11 is 2.46. The van der Waals surface area contributed by atoms with Crippen LogP contribution in [0.25, 0.3) is 0 Å². The van der Waals surface area contributed by atoms with Gasteiger partial charge in [0.25, 0.3) is 0 Å². The van der Waals surface area contributed by atoms with Crippen LogP contribution in [0.2, 0.25) is 0 Å². The van der Waals surface area contributed by atoms with Crippen LogP contribution in [0.5, 0.6) is 0 Å². The van der Waals surface area contributed by atoms with Gasteiger partial charge in [-0.25, -0.2) is 4.98 Å². The molecule has 4 heteroatoms. The number of hydrogen-bond donors (Lipinski definition) is 0. The Labute approximate surface area is 121 Å². The van der Waals surface area contributed by atoms with Gasteiger partial charge >= 0.3 is 0 Å². The zero-order valence-electron chi connectivity index (χ0n) is 10.2. The van der Waals surface area contributed by atoms with Gasteiger partial charge in [0.15, 0.2) is 0 Å². The topological polar surface area (TPSA) is 30.7 Å². The maximum Gasteiger partial charge on any atom is 0.137 e. The number of rotatable bonds is 3. The quantitative estimate of drug-likeness (QED) is 0.792. The third-order valence-electron chi connectivity index (χ3n) is 3.94. The van der Waals surface area contributed by atoms with Crippen LogP contribution in [0.1, 0.15) is 31.2 Å². The Morgan fingerprint density at radius 1 is 1.22 bits per heavy atom. The molecule has 0 atom stereocenters. The van der Waals surface area contributed by atoms with Crippen LogP contribution in [-0.4, -0.2) is 14.8 Å². The van der Waals surface area contributed by atoms with Crippen molar-refractivity contribution in [1.82, 2.24) is 14.8 Å². The monoisotopic (exact) mass is 353 g/mol. The molecule has 1 aliphatic rings. The Morgan fingerprint density at radius 2 is 2.00 bits per heavy atom. The van der Waals surface area contributed by atoms with Crippen LogP contribution >= 0.6 is 22.6 Å². The molecule has 0 unspecified atom stereocenters. The second-order valence-corrected chi connectivity index (χ2v) is 6.22. The molecule has 0 N–H and O–H groups in total. The SMILES string of the molecule is Ic1ccccc1C1(Cn2cncn2)CCCC1. The second kappa shape index (κ2) is 4.99. The standard InChI is InChI=1S/C14H16IN3/c15-13-6-2-1-5-12(13)14(7-3-4-8-14)9-18-11-16-10-17-18/h1-2,5-6,10-11H,3-4,7-9H2. The first-order valence-electron chi connectivity index (χ1n) is 6.38. The van der Waals surface area contributed by atoms with Crippen molar-refractivity contribution < 1.29 is 0 Å². The van der Waals surface area contributed by atoms with E-state index in [9.17, 15) is 0 Å². The normalized spacial score (nSPS) is 18.1. The van der Waals surface area contributed by atoms with Crippen molar-refractivity contribution in [2.45, 2.75) is 37.6 Å². The predicted octanol–water partition coefficient (Wildman–Crippen LogP) is 3.39. The first-order chi connectivity index (χ1) is 8.80. The summed E-state index contributed by atoms with van der Waals surface area (Å²) < 4.78 is 3.35. The molecule has 1 saturated carbocycles. The summed E-state index contributed by atoms with van der Waals surface area (Å²) in [5, 5.41) is 4.28. The van der Waals surface area contributed by atoms with Gasteiger partial charge in [0.2, 0.25) is 0 Å². The number of halogens is 1. The molecule has 0 aliphatic heterocycles. The highest BCUT2D eigenvalue weighted by atomic mass is 127. The molecule has 1 aliphatic carbocycles. The fraction of sp³-hybridized carbons (Fsp3) is 0.429. The van der Waals surface area contributed by atoms with Crippen LogP contribution in [0.4, 0.5) is 0 Å². The van der Waals surface area contributed by atoms with E-state index in [4.69, 9.17) is 0 Å². The molecule has 1 fully saturated rings. The van der Waals surface area contributed by atoms with Crippen LogP contribution in [0.3, 0.4) is 0 Å². The van der Waals surface area contributed by atoms with Gasteiger partial charge in [0.1, 0.15) is 12.7 Å². The lowest BCUT2D eigenvalue weighted by Crippen LogP contribution is -2.29. The highest BCUT2D eigenvalue weighted by Gasteiger charge is 2.37. The Balaban J connectivity index is 1.99. The molecule has 18 heavy (non-hydrogen) atoms. The maximum absolute atomic E-state index is 4.28. The average Bonchev–Trinajstić information content (AvgIpc) is 3.02. The number of aromatic nitrogens is 3. The molecule has 0 spiro atoms. The first kappa shape index (κ1) is 12.1. The third-order valence-corrected chi connectivity index (χ3v) is 4.88. The molecule has 0 amide bonds. The largest absolute Gasteiger partial charge is 0.252 e. The van der Waals surface area contributed by atoms with E-state index in [1.165, 1.54) is 34.8 Å². The molecule has 1 heterocycles. The van der Waals surface area contributed by atoms with Crippen molar-refractivity contribution >= 4 is 22.6 Å². The van der Waals surface area contributed by atoms with E-state index < -0.39 is 0 Å². The molecule has 0 bridgehead atoms. The average molecular weight is 353 g/mol. The molecule has 1 aromatic carbocycles. The van der Waals surface area contributed by atoms with Crippen molar-refractivity contribution in [3.05, 3.63) is 46.1 Å². The fourth-order valence-electron chi connectivity index (χ4n) is 3.08. The Morgan fingerprint density at radius 3 is 2.67 bits per heavy atom. The van der Waals surface area contributed by atoms with Gasteiger partial charge in [-0.2, -0.15) is 5.10 Å². The van der Waals surface area contributed by atoms with E-state index in [-0.39, 0.29) is 5.41 Å². The van der Waals surface area contributed by atoms with Crippen LogP contribution in [0.15, 0.2) is 36.9 Å². The fourth-order valence-corrected chi connectivity index (χ4v) is 4.04. The molecule has 1 aromatic heterocycles. The molecular formula is C14H16IN3. The lowest BCUT2D eigenvalue weighted by Gasteiger charge is -2.30. The van der Waals surface area contributed by atoms with Gasteiger partial charge in [-0.05, 0) is 47.1 Å². The zero-order valence-corrected chi connectivity index (χ0v) is 12.4. The molecule has 94 valence electrons. The number of hydrogen-bond acceptors (Lipinski definition) is 2. The van der Waals surface area contributed by atoms with Gasteiger partial charge in [0, 0.05) is 8.99 Å². The van der Waals surface area contributed by atoms with E-state index in [0.717, 1.165) is 6.54 Å². The van der Waals surface area contributed by atoms with Gasteiger partial charge < -0.3 is 0 Å². The summed E-state index contributed by atoms with van der Waals surface area (Å²) in [6.45, 7) is 0.951. The number of nitrogens with zero attached hydrogens (tertiary/aromatic N) is 3. The van der Waals surface area contributed by atoms with Crippen molar-refractivity contribution in [3.63, 3.8) is 0 Å². The Kier molecular flexibility index (Phi) is 3.37. The van der Waals surface area contributed by atoms with E-state index in [1.54, 1.807) is 6.33 Å². The smallest absolute Gasteiger partial charge is 0.137 e. The number of benzene rings is 1. The van der Waals surface area contributed by atoms with Crippen LogP contribution in [-0.2, 0) is 12.0 Å². The highest BCUT2D eigenvalue weighted by molar-refractivity contribution is 14.1. The summed E-state index contributed by atoms with van der Waals surface area (Å²) in [5.41, 5.74) is 1.74. The van der Waals surface area contributed by atoms with Crippen LogP contribution < -0.4 is 0 Å². The van der Waals surface area contributed by atoms with Gasteiger partial charge in [-0.1, -0.05) is 31.0 Å². The summed E-state index contributed by atoms with van der Waals surface area (Å²) in [7, 11) is 0. The molecule has 3 nitrogen and oxygen atoms in total. The third kappa shape index (κ3) is 2.18. The molecule has 3 rings (SSSR count). The molecular weight excluding hydrogens is 337 g/mol. The minimum absolute atomic E-state index is 0.255. The highest BCUT2D eigenvalue weighted by Crippen LogP contribution is 2.43. The molecule has 2 aromatic rings. The van der Waals surface area contributed by atoms with Crippen molar-refractivity contribution in [2.24, 2.45) is 0 Å². The van der Waals surface area contributed by atoms with E-state index in [2.05, 4.69) is 56.9 Å². The molecule has 0 radical (unpaired) electrons. The Hall–Kier alpha value is -0.910. The minimum Gasteiger partial charge on any atom is -0.252 e. The Bertz CT molecular complexity index is 516. The minimum atomic E-state index is 0.255. The van der Waals surface area contributed by atoms with Gasteiger partial charge in [0.05, 0.1) is 6.54 Å². The van der Waals surface area contributed by atoms with E-state index in [0.29, 0.717) is 0 Å². The van der Waals surface area contributed by atoms with Crippen molar-refractivity contribution in [1.29, 1.82) is 0 Å². The second-order valence-electron chi connectivity index (χ2n) is 5.06. The summed E-state index contributed by atoms with van der Waals surface area (Å²) in [6, 6.07) is 8.75. The van der Waals surface area contributed by atoms with Crippen molar-refractivity contribution in [3.8, 4) is 0 Å². The maximum atomic E-state index is 4.28. The summed E-state index contributed by atoms with van der Waals surface area (Å²) in [6.07, 6.45) is 8.60. The zero-order chi connectivity index (χ0) is 12.4. The lowest BCUT2D eigenvalue weighted by atomic mass is 9.79. The van der Waals surface area contributed by atoms with E-state index >= 15 is 0 Å². The van der Waals surface area contributed by atoms with Crippen LogP contribution in [0, 0.1) is 3.57 Å². The molecule has 0 saturated heterocycles. The van der Waals surface area contributed by atoms with E-state index in [1.807, 2.05) is 11.0 Å². The summed E-state index contributed by atoms with van der Waals surface area (Å²) in [5.74, 6) is 0. The first-order valence-corrected chi connectivity index (χ1v) is 7.45.